The summed E-state index contributed by atoms with van der Waals surface area (Å²) in [5.41, 5.74) is 8.41. The lowest BCUT2D eigenvalue weighted by molar-refractivity contribution is 0.282. The van der Waals surface area contributed by atoms with Gasteiger partial charge in [0.1, 0.15) is 23.0 Å². The summed E-state index contributed by atoms with van der Waals surface area (Å²) in [6, 6.07) is 7.47. The van der Waals surface area contributed by atoms with E-state index in [2.05, 4.69) is 25.1 Å². The maximum atomic E-state index is 9.35. The molecule has 0 unspecified atom stereocenters. The third-order valence-electron chi connectivity index (χ3n) is 3.58. The van der Waals surface area contributed by atoms with Crippen LogP contribution in [0.5, 0.6) is 0 Å². The number of rotatable bonds is 3. The number of nitrogens with two attached hydrogens (primary N) is 1. The summed E-state index contributed by atoms with van der Waals surface area (Å²) in [6.07, 6.45) is 1.50. The highest BCUT2D eigenvalue weighted by Crippen LogP contribution is 2.29. The lowest BCUT2D eigenvalue weighted by Crippen LogP contribution is -2.13. The molecule has 0 amide bonds. The molecule has 3 rings (SSSR count). The number of aromatic nitrogens is 5. The average Bonchev–Trinajstić information content (AvgIpc) is 3.05. The van der Waals surface area contributed by atoms with Crippen molar-refractivity contribution in [3.05, 3.63) is 41.9 Å². The molecule has 4 N–H and O–H groups in total. The summed E-state index contributed by atoms with van der Waals surface area (Å²) < 4.78 is 0. The molecule has 0 aliphatic heterocycles. The van der Waals surface area contributed by atoms with Crippen LogP contribution in [-0.4, -0.2) is 30.3 Å². The van der Waals surface area contributed by atoms with Gasteiger partial charge in [-0.05, 0) is 11.6 Å². The van der Waals surface area contributed by atoms with Gasteiger partial charge in [0.2, 0.25) is 5.82 Å². The Morgan fingerprint density at radius 2 is 1.96 bits per heavy atom. The predicted octanol–water partition coefficient (Wildman–Crippen LogP) is 2.30. The van der Waals surface area contributed by atoms with Gasteiger partial charge in [0.15, 0.2) is 0 Å². The predicted molar refractivity (Wildman–Crippen MR) is 91.9 cm³/mol. The topological polar surface area (TPSA) is 114 Å². The van der Waals surface area contributed by atoms with Crippen molar-refractivity contribution in [2.24, 2.45) is 0 Å². The van der Waals surface area contributed by atoms with Crippen LogP contribution in [0.25, 0.3) is 22.8 Å². The van der Waals surface area contributed by atoms with Gasteiger partial charge >= 0.3 is 0 Å². The molecule has 7 heteroatoms. The second-order valence-corrected chi connectivity index (χ2v) is 6.61. The van der Waals surface area contributed by atoms with Crippen LogP contribution < -0.4 is 5.73 Å². The molecule has 7 nitrogen and oxygen atoms in total. The molecule has 3 aromatic rings. The van der Waals surface area contributed by atoms with E-state index < -0.39 is 0 Å². The fourth-order valence-electron chi connectivity index (χ4n) is 2.29. The van der Waals surface area contributed by atoms with Crippen LogP contribution in [0, 0.1) is 0 Å². The van der Waals surface area contributed by atoms with E-state index in [1.54, 1.807) is 0 Å². The zero-order chi connectivity index (χ0) is 17.3. The second kappa shape index (κ2) is 6.01. The molecule has 0 aliphatic rings. The summed E-state index contributed by atoms with van der Waals surface area (Å²) in [4.78, 5) is 13.3. The van der Waals surface area contributed by atoms with Crippen molar-refractivity contribution in [1.29, 1.82) is 0 Å². The molecule has 0 atom stereocenters. The molecular weight excluding hydrogens is 304 g/mol. The second-order valence-electron chi connectivity index (χ2n) is 6.61. The van der Waals surface area contributed by atoms with Crippen molar-refractivity contribution in [2.45, 2.75) is 32.8 Å². The van der Waals surface area contributed by atoms with Crippen molar-refractivity contribution < 1.29 is 5.11 Å². The number of hydrogen-bond acceptors (Lipinski definition) is 6. The average molecular weight is 324 g/mol. The Hall–Kier alpha value is -2.80. The Morgan fingerprint density at radius 3 is 2.62 bits per heavy atom. The number of benzene rings is 1. The maximum Gasteiger partial charge on any atom is 0.202 e. The maximum absolute atomic E-state index is 9.35. The number of hydrogen-bond donors (Lipinski definition) is 3. The van der Waals surface area contributed by atoms with Crippen LogP contribution in [0.3, 0.4) is 0 Å². The summed E-state index contributed by atoms with van der Waals surface area (Å²) in [6.45, 7) is 6.11. The first-order valence-corrected chi connectivity index (χ1v) is 7.64. The molecule has 1 aromatic carbocycles. The van der Waals surface area contributed by atoms with Crippen molar-refractivity contribution in [2.75, 3.05) is 5.73 Å². The highest BCUT2D eigenvalue weighted by Gasteiger charge is 2.22. The normalized spacial score (nSPS) is 11.7. The van der Waals surface area contributed by atoms with Crippen molar-refractivity contribution in [3.63, 3.8) is 0 Å². The van der Waals surface area contributed by atoms with Crippen molar-refractivity contribution in [3.8, 4) is 22.8 Å². The lowest BCUT2D eigenvalue weighted by Gasteiger charge is -2.13. The third kappa shape index (κ3) is 3.11. The Morgan fingerprint density at radius 1 is 1.17 bits per heavy atom. The van der Waals surface area contributed by atoms with Crippen LogP contribution in [0.2, 0.25) is 0 Å². The quantitative estimate of drug-likeness (QED) is 0.681. The van der Waals surface area contributed by atoms with E-state index in [0.29, 0.717) is 23.0 Å². The van der Waals surface area contributed by atoms with E-state index in [-0.39, 0.29) is 12.0 Å². The van der Waals surface area contributed by atoms with Gasteiger partial charge in [0, 0.05) is 11.0 Å². The molecule has 0 aliphatic carbocycles. The van der Waals surface area contributed by atoms with Crippen molar-refractivity contribution >= 4 is 5.82 Å². The van der Waals surface area contributed by atoms with Gasteiger partial charge in [-0.3, -0.25) is 5.10 Å². The van der Waals surface area contributed by atoms with E-state index in [1.165, 1.54) is 6.20 Å². The number of nitrogens with zero attached hydrogens (tertiary/aromatic N) is 4. The van der Waals surface area contributed by atoms with Gasteiger partial charge in [0.05, 0.1) is 12.8 Å². The summed E-state index contributed by atoms with van der Waals surface area (Å²) in [5, 5.41) is 16.6. The zero-order valence-corrected chi connectivity index (χ0v) is 13.9. The molecule has 2 aromatic heterocycles. The van der Waals surface area contributed by atoms with Gasteiger partial charge in [-0.25, -0.2) is 15.0 Å². The molecule has 0 bridgehead atoms. The SMILES string of the molecule is CC(C)(C)c1nc(-c2nc(N)cnc2-c2cccc(CO)c2)n[nH]1. The molecule has 0 radical (unpaired) electrons. The molecule has 0 fully saturated rings. The van der Waals surface area contributed by atoms with Gasteiger partial charge < -0.3 is 10.8 Å². The Bertz CT molecular complexity index is 866. The van der Waals surface area contributed by atoms with E-state index in [1.807, 2.05) is 45.0 Å². The molecule has 0 spiro atoms. The number of nitrogen functional groups attached to an aromatic ring is 1. The van der Waals surface area contributed by atoms with Crippen LogP contribution in [0.1, 0.15) is 32.2 Å². The fourth-order valence-corrected chi connectivity index (χ4v) is 2.29. The van der Waals surface area contributed by atoms with Gasteiger partial charge in [-0.1, -0.05) is 39.0 Å². The first-order valence-electron chi connectivity index (χ1n) is 7.64. The monoisotopic (exact) mass is 324 g/mol. The van der Waals surface area contributed by atoms with E-state index in [9.17, 15) is 5.11 Å². The molecule has 124 valence electrons. The van der Waals surface area contributed by atoms with E-state index in [4.69, 9.17) is 5.73 Å². The smallest absolute Gasteiger partial charge is 0.202 e. The van der Waals surface area contributed by atoms with E-state index >= 15 is 0 Å². The van der Waals surface area contributed by atoms with Crippen molar-refractivity contribution in [1.82, 2.24) is 25.1 Å². The number of aliphatic hydroxyl groups excluding tert-OH is 1. The summed E-state index contributed by atoms with van der Waals surface area (Å²) >= 11 is 0. The minimum absolute atomic E-state index is 0.0413. The number of H-pyrrole nitrogens is 1. The number of aromatic amines is 1. The van der Waals surface area contributed by atoms with Crippen LogP contribution >= 0.6 is 0 Å². The van der Waals surface area contributed by atoms with Gasteiger partial charge in [0.25, 0.3) is 0 Å². The lowest BCUT2D eigenvalue weighted by atomic mass is 9.96. The first-order chi connectivity index (χ1) is 11.4. The number of nitrogens with one attached hydrogen (secondary N) is 1. The number of aliphatic hydroxyl groups is 1. The Labute approximate surface area is 140 Å². The van der Waals surface area contributed by atoms with Gasteiger partial charge in [-0.15, -0.1) is 0 Å². The Kier molecular flexibility index (Phi) is 4.02. The zero-order valence-electron chi connectivity index (χ0n) is 13.9. The first kappa shape index (κ1) is 16.1. The fraction of sp³-hybridized carbons (Fsp3) is 0.294. The largest absolute Gasteiger partial charge is 0.392 e. The molecule has 0 saturated carbocycles. The summed E-state index contributed by atoms with van der Waals surface area (Å²) in [7, 11) is 0. The minimum Gasteiger partial charge on any atom is -0.392 e. The van der Waals surface area contributed by atoms with Crippen LogP contribution in [0.4, 0.5) is 5.82 Å². The van der Waals surface area contributed by atoms with Crippen LogP contribution in [0.15, 0.2) is 30.5 Å². The van der Waals surface area contributed by atoms with Crippen LogP contribution in [-0.2, 0) is 12.0 Å². The molecule has 0 saturated heterocycles. The Balaban J connectivity index is 2.14. The highest BCUT2D eigenvalue weighted by atomic mass is 16.3. The molecular formula is C17H20N6O. The molecule has 2 heterocycles. The van der Waals surface area contributed by atoms with Gasteiger partial charge in [-0.2, -0.15) is 5.10 Å². The highest BCUT2D eigenvalue weighted by molar-refractivity contribution is 5.75. The summed E-state index contributed by atoms with van der Waals surface area (Å²) in [5.74, 6) is 1.51. The standard InChI is InChI=1S/C17H20N6O/c1-17(2,3)16-21-15(22-23-16)14-13(19-8-12(18)20-14)11-6-4-5-10(7-11)9-24/h4-8,24H,9H2,1-3H3,(H2,18,20)(H,21,22,23). The number of anilines is 1. The minimum atomic E-state index is -0.157. The third-order valence-corrected chi connectivity index (χ3v) is 3.58. The van der Waals surface area contributed by atoms with E-state index in [0.717, 1.165) is 17.0 Å². The molecule has 24 heavy (non-hydrogen) atoms.